The highest BCUT2D eigenvalue weighted by atomic mass is 14.5. The highest BCUT2D eigenvalue weighted by Crippen LogP contribution is 2.20. The summed E-state index contributed by atoms with van der Waals surface area (Å²) in [5.41, 5.74) is 3.21. The first-order valence-electron chi connectivity index (χ1n) is 4.03. The van der Waals surface area contributed by atoms with Crippen molar-refractivity contribution in [1.82, 2.24) is 0 Å². The van der Waals surface area contributed by atoms with Crippen LogP contribution in [0.4, 0.5) is 0 Å². The monoisotopic (exact) mass is 158 g/mol. The van der Waals surface area contributed by atoms with Gasteiger partial charge in [-0.2, -0.15) is 0 Å². The summed E-state index contributed by atoms with van der Waals surface area (Å²) in [5.74, 6) is 0. The standard InChI is InChI=1S/C10H10N2/c11-9-5-6-10(12)8-4-2-1-3-7(8)9/h1-4,11-12H,5-6H2. The Morgan fingerprint density at radius 3 is 1.67 bits per heavy atom. The van der Waals surface area contributed by atoms with Gasteiger partial charge >= 0.3 is 0 Å². The summed E-state index contributed by atoms with van der Waals surface area (Å²) < 4.78 is 0. The summed E-state index contributed by atoms with van der Waals surface area (Å²) >= 11 is 0. The van der Waals surface area contributed by atoms with Gasteiger partial charge in [-0.15, -0.1) is 0 Å². The second kappa shape index (κ2) is 2.55. The van der Waals surface area contributed by atoms with E-state index in [0.717, 1.165) is 24.0 Å². The molecule has 0 amide bonds. The molecule has 1 aromatic rings. The van der Waals surface area contributed by atoms with Crippen LogP contribution in [0.25, 0.3) is 0 Å². The molecule has 0 unspecified atom stereocenters. The summed E-state index contributed by atoms with van der Waals surface area (Å²) in [7, 11) is 0. The van der Waals surface area contributed by atoms with Crippen molar-refractivity contribution in [3.63, 3.8) is 0 Å². The van der Waals surface area contributed by atoms with Crippen LogP contribution < -0.4 is 0 Å². The third-order valence-electron chi connectivity index (χ3n) is 2.20. The molecule has 1 aromatic carbocycles. The average Bonchev–Trinajstić information content (AvgIpc) is 2.12. The number of hydrogen-bond donors (Lipinski definition) is 2. The second-order valence-electron chi connectivity index (χ2n) is 3.00. The molecule has 0 saturated carbocycles. The maximum atomic E-state index is 7.66. The Kier molecular flexibility index (Phi) is 1.54. The quantitative estimate of drug-likeness (QED) is 0.581. The lowest BCUT2D eigenvalue weighted by atomic mass is 9.89. The van der Waals surface area contributed by atoms with Crippen molar-refractivity contribution in [2.24, 2.45) is 0 Å². The van der Waals surface area contributed by atoms with Gasteiger partial charge in [-0.1, -0.05) is 24.3 Å². The zero-order valence-corrected chi connectivity index (χ0v) is 6.72. The molecule has 2 heteroatoms. The molecule has 0 radical (unpaired) electrons. The molecular weight excluding hydrogens is 148 g/mol. The number of nitrogens with one attached hydrogen (secondary N) is 2. The van der Waals surface area contributed by atoms with Crippen LogP contribution in [0.1, 0.15) is 24.0 Å². The summed E-state index contributed by atoms with van der Waals surface area (Å²) in [4.78, 5) is 0. The van der Waals surface area contributed by atoms with Crippen LogP contribution in [0.15, 0.2) is 24.3 Å². The number of rotatable bonds is 0. The zero-order chi connectivity index (χ0) is 8.55. The molecule has 0 aromatic heterocycles. The first-order chi connectivity index (χ1) is 5.79. The highest BCUT2D eigenvalue weighted by Gasteiger charge is 2.16. The topological polar surface area (TPSA) is 47.7 Å². The predicted molar refractivity (Wildman–Crippen MR) is 49.3 cm³/mol. The minimum atomic E-state index is 0.668. The van der Waals surface area contributed by atoms with Gasteiger partial charge in [0.15, 0.2) is 0 Å². The minimum Gasteiger partial charge on any atom is -0.305 e. The van der Waals surface area contributed by atoms with Gasteiger partial charge in [0.1, 0.15) is 0 Å². The first-order valence-corrected chi connectivity index (χ1v) is 4.03. The van der Waals surface area contributed by atoms with E-state index >= 15 is 0 Å². The minimum absolute atomic E-state index is 0.668. The molecule has 0 fully saturated rings. The fourth-order valence-electron chi connectivity index (χ4n) is 1.53. The van der Waals surface area contributed by atoms with Crippen LogP contribution in [0.5, 0.6) is 0 Å². The lowest BCUT2D eigenvalue weighted by Crippen LogP contribution is -2.16. The molecular formula is C10H10N2. The van der Waals surface area contributed by atoms with E-state index in [4.69, 9.17) is 10.8 Å². The van der Waals surface area contributed by atoms with Gasteiger partial charge in [0.05, 0.1) is 0 Å². The molecule has 2 nitrogen and oxygen atoms in total. The van der Waals surface area contributed by atoms with Gasteiger partial charge in [0.25, 0.3) is 0 Å². The van der Waals surface area contributed by atoms with E-state index in [1.165, 1.54) is 0 Å². The molecule has 0 atom stereocenters. The van der Waals surface area contributed by atoms with Crippen LogP contribution in [-0.2, 0) is 0 Å². The Bertz CT molecular complexity index is 318. The highest BCUT2D eigenvalue weighted by molar-refractivity contribution is 6.15. The largest absolute Gasteiger partial charge is 0.305 e. The second-order valence-corrected chi connectivity index (χ2v) is 3.00. The van der Waals surface area contributed by atoms with Gasteiger partial charge in [-0.3, -0.25) is 0 Å². The maximum absolute atomic E-state index is 7.66. The van der Waals surface area contributed by atoms with Gasteiger partial charge in [-0.05, 0) is 12.8 Å². The number of fused-ring (bicyclic) bond motifs is 1. The Balaban J connectivity index is 2.62. The van der Waals surface area contributed by atoms with Gasteiger partial charge in [-0.25, -0.2) is 0 Å². The van der Waals surface area contributed by atoms with Gasteiger partial charge in [0, 0.05) is 22.6 Å². The molecule has 0 spiro atoms. The van der Waals surface area contributed by atoms with E-state index in [2.05, 4.69) is 0 Å². The normalized spacial score (nSPS) is 16.0. The molecule has 0 aliphatic heterocycles. The van der Waals surface area contributed by atoms with Crippen LogP contribution in [0.2, 0.25) is 0 Å². The van der Waals surface area contributed by atoms with E-state index in [-0.39, 0.29) is 0 Å². The number of hydrogen-bond acceptors (Lipinski definition) is 2. The molecule has 2 N–H and O–H groups in total. The van der Waals surface area contributed by atoms with Crippen LogP contribution in [0, 0.1) is 10.8 Å². The van der Waals surface area contributed by atoms with E-state index in [9.17, 15) is 0 Å². The van der Waals surface area contributed by atoms with Gasteiger partial charge in [0.2, 0.25) is 0 Å². The maximum Gasteiger partial charge on any atom is 0.0396 e. The average molecular weight is 158 g/mol. The summed E-state index contributed by atoms with van der Waals surface area (Å²) in [6, 6.07) is 7.69. The van der Waals surface area contributed by atoms with Crippen LogP contribution in [-0.4, -0.2) is 11.4 Å². The molecule has 0 heterocycles. The lowest BCUT2D eigenvalue weighted by Gasteiger charge is -2.16. The molecule has 12 heavy (non-hydrogen) atoms. The summed E-state index contributed by atoms with van der Waals surface area (Å²) in [6.07, 6.45) is 1.44. The van der Waals surface area contributed by atoms with Crippen molar-refractivity contribution < 1.29 is 0 Å². The van der Waals surface area contributed by atoms with E-state index in [1.807, 2.05) is 24.3 Å². The molecule has 1 aliphatic carbocycles. The zero-order valence-electron chi connectivity index (χ0n) is 6.72. The van der Waals surface area contributed by atoms with Gasteiger partial charge < -0.3 is 10.8 Å². The van der Waals surface area contributed by atoms with Crippen molar-refractivity contribution in [3.05, 3.63) is 35.4 Å². The predicted octanol–water partition coefficient (Wildman–Crippen LogP) is 2.22. The van der Waals surface area contributed by atoms with Crippen molar-refractivity contribution in [1.29, 1.82) is 10.8 Å². The van der Waals surface area contributed by atoms with Crippen molar-refractivity contribution in [2.45, 2.75) is 12.8 Å². The summed E-state index contributed by atoms with van der Waals surface area (Å²) in [6.45, 7) is 0. The third kappa shape index (κ3) is 0.961. The fraction of sp³-hybridized carbons (Fsp3) is 0.200. The third-order valence-corrected chi connectivity index (χ3v) is 2.20. The van der Waals surface area contributed by atoms with Crippen LogP contribution in [0.3, 0.4) is 0 Å². The Morgan fingerprint density at radius 1 is 0.833 bits per heavy atom. The SMILES string of the molecule is N=C1CCC(=N)c2ccccc21. The smallest absolute Gasteiger partial charge is 0.0396 e. The summed E-state index contributed by atoms with van der Waals surface area (Å²) in [5, 5.41) is 15.3. The van der Waals surface area contributed by atoms with E-state index in [0.29, 0.717) is 11.4 Å². The molecule has 60 valence electrons. The lowest BCUT2D eigenvalue weighted by molar-refractivity contribution is 1.08. The Labute approximate surface area is 71.3 Å². The first kappa shape index (κ1) is 7.22. The molecule has 1 aliphatic rings. The van der Waals surface area contributed by atoms with Crippen LogP contribution >= 0.6 is 0 Å². The Morgan fingerprint density at radius 2 is 1.25 bits per heavy atom. The fourth-order valence-corrected chi connectivity index (χ4v) is 1.53. The van der Waals surface area contributed by atoms with E-state index < -0.39 is 0 Å². The van der Waals surface area contributed by atoms with Crippen molar-refractivity contribution in [3.8, 4) is 0 Å². The Hall–Kier alpha value is -1.44. The van der Waals surface area contributed by atoms with Crippen molar-refractivity contribution >= 4 is 11.4 Å². The molecule has 0 saturated heterocycles. The van der Waals surface area contributed by atoms with Crippen molar-refractivity contribution in [2.75, 3.05) is 0 Å². The molecule has 0 bridgehead atoms. The van der Waals surface area contributed by atoms with E-state index in [1.54, 1.807) is 0 Å². The molecule has 2 rings (SSSR count). The number of benzene rings is 1.